The minimum absolute atomic E-state index is 0. The summed E-state index contributed by atoms with van der Waals surface area (Å²) in [5.74, 6) is 0. The highest BCUT2D eigenvalue weighted by atomic mass is 35.5. The molecule has 17 heavy (non-hydrogen) atoms. The standard InChI is InChI=1S/C15H24N.ClH/c1-6-12-16(5,15(2,3)4)13-14-10-8-7-9-11-14;/h6-11H,1,12-13H2,2-5H3;1H/q+1;/p-1. The average Bonchev–Trinajstić information content (AvgIpc) is 2.17. The van der Waals surface area contributed by atoms with Gasteiger partial charge in [-0.2, -0.15) is 0 Å². The zero-order valence-electron chi connectivity index (χ0n) is 11.4. The average molecular weight is 254 g/mol. The van der Waals surface area contributed by atoms with Crippen LogP contribution in [0, 0.1) is 0 Å². The summed E-state index contributed by atoms with van der Waals surface area (Å²) < 4.78 is 0.987. The van der Waals surface area contributed by atoms with Gasteiger partial charge < -0.3 is 16.9 Å². The third-order valence-electron chi connectivity index (χ3n) is 3.53. The lowest BCUT2D eigenvalue weighted by atomic mass is 10.0. The van der Waals surface area contributed by atoms with Gasteiger partial charge in [0.25, 0.3) is 0 Å². The summed E-state index contributed by atoms with van der Waals surface area (Å²) >= 11 is 0. The van der Waals surface area contributed by atoms with Gasteiger partial charge in [-0.3, -0.25) is 0 Å². The van der Waals surface area contributed by atoms with Crippen molar-refractivity contribution in [3.05, 3.63) is 48.6 Å². The molecule has 0 bridgehead atoms. The van der Waals surface area contributed by atoms with E-state index in [-0.39, 0.29) is 17.9 Å². The maximum atomic E-state index is 3.89. The lowest BCUT2D eigenvalue weighted by Gasteiger charge is -2.45. The quantitative estimate of drug-likeness (QED) is 0.545. The summed E-state index contributed by atoms with van der Waals surface area (Å²) in [7, 11) is 2.30. The monoisotopic (exact) mass is 253 g/mol. The van der Waals surface area contributed by atoms with Gasteiger partial charge in [0.1, 0.15) is 6.54 Å². The Morgan fingerprint density at radius 1 is 1.18 bits per heavy atom. The van der Waals surface area contributed by atoms with Crippen LogP contribution in [-0.4, -0.2) is 23.6 Å². The molecule has 0 aliphatic rings. The fraction of sp³-hybridized carbons (Fsp3) is 0.467. The molecule has 0 fully saturated rings. The number of rotatable bonds is 4. The molecule has 1 rings (SSSR count). The third-order valence-corrected chi connectivity index (χ3v) is 3.53. The first-order chi connectivity index (χ1) is 7.39. The van der Waals surface area contributed by atoms with E-state index in [4.69, 9.17) is 0 Å². The summed E-state index contributed by atoms with van der Waals surface area (Å²) in [5, 5.41) is 0. The summed E-state index contributed by atoms with van der Waals surface area (Å²) in [6, 6.07) is 10.7. The number of halogens is 1. The fourth-order valence-corrected chi connectivity index (χ4v) is 1.85. The van der Waals surface area contributed by atoms with Crippen LogP contribution >= 0.6 is 0 Å². The predicted octanol–water partition coefficient (Wildman–Crippen LogP) is 0.622. The van der Waals surface area contributed by atoms with Gasteiger partial charge in [0.15, 0.2) is 0 Å². The minimum Gasteiger partial charge on any atom is -1.00 e. The van der Waals surface area contributed by atoms with Gasteiger partial charge in [0.2, 0.25) is 0 Å². The molecular weight excluding hydrogens is 230 g/mol. The Labute approximate surface area is 112 Å². The Kier molecular flexibility index (Phi) is 5.94. The Hall–Kier alpha value is -0.790. The van der Waals surface area contributed by atoms with Crippen LogP contribution in [0.2, 0.25) is 0 Å². The van der Waals surface area contributed by atoms with E-state index < -0.39 is 0 Å². The van der Waals surface area contributed by atoms with Crippen molar-refractivity contribution in [2.24, 2.45) is 0 Å². The number of quaternary nitrogens is 1. The molecule has 2 heteroatoms. The van der Waals surface area contributed by atoms with Crippen LogP contribution in [0.3, 0.4) is 0 Å². The number of hydrogen-bond donors (Lipinski definition) is 0. The van der Waals surface area contributed by atoms with Gasteiger partial charge >= 0.3 is 0 Å². The molecule has 0 N–H and O–H groups in total. The second-order valence-corrected chi connectivity index (χ2v) is 5.68. The van der Waals surface area contributed by atoms with Gasteiger partial charge in [0, 0.05) is 5.56 Å². The van der Waals surface area contributed by atoms with Crippen LogP contribution in [0.15, 0.2) is 43.0 Å². The molecule has 0 saturated heterocycles. The van der Waals surface area contributed by atoms with E-state index in [1.54, 1.807) is 0 Å². The molecule has 96 valence electrons. The Morgan fingerprint density at radius 3 is 2.12 bits per heavy atom. The largest absolute Gasteiger partial charge is 1.00 e. The molecule has 0 aliphatic heterocycles. The molecular formula is C15H24ClN. The van der Waals surface area contributed by atoms with Crippen LogP contribution < -0.4 is 12.4 Å². The van der Waals surface area contributed by atoms with E-state index in [9.17, 15) is 0 Å². The zero-order chi connectivity index (χ0) is 12.2. The van der Waals surface area contributed by atoms with E-state index in [1.165, 1.54) is 5.56 Å². The van der Waals surface area contributed by atoms with Gasteiger partial charge in [-0.1, -0.05) is 36.9 Å². The molecule has 0 spiro atoms. The SMILES string of the molecule is C=CC[N+](C)(Cc1ccccc1)C(C)(C)C.[Cl-]. The molecule has 0 aromatic heterocycles. The van der Waals surface area contributed by atoms with E-state index in [1.807, 2.05) is 6.08 Å². The maximum absolute atomic E-state index is 3.89. The second kappa shape index (κ2) is 6.23. The maximum Gasteiger partial charge on any atom is 0.105 e. The summed E-state index contributed by atoms with van der Waals surface area (Å²) in [6.07, 6.45) is 2.02. The van der Waals surface area contributed by atoms with Crippen molar-refractivity contribution in [1.82, 2.24) is 0 Å². The van der Waals surface area contributed by atoms with Crippen molar-refractivity contribution in [1.29, 1.82) is 0 Å². The first-order valence-electron chi connectivity index (χ1n) is 5.88. The summed E-state index contributed by atoms with van der Waals surface area (Å²) in [4.78, 5) is 0. The van der Waals surface area contributed by atoms with Gasteiger partial charge in [-0.05, 0) is 26.8 Å². The number of nitrogens with zero attached hydrogens (tertiary/aromatic N) is 1. The van der Waals surface area contributed by atoms with E-state index in [2.05, 4.69) is 64.7 Å². The van der Waals surface area contributed by atoms with E-state index >= 15 is 0 Å². The smallest absolute Gasteiger partial charge is 0.105 e. The highest BCUT2D eigenvalue weighted by Gasteiger charge is 2.34. The highest BCUT2D eigenvalue weighted by Crippen LogP contribution is 2.25. The van der Waals surface area contributed by atoms with Crippen LogP contribution in [0.5, 0.6) is 0 Å². The molecule has 1 aromatic rings. The molecule has 1 unspecified atom stereocenters. The minimum atomic E-state index is 0. The molecule has 1 nitrogen and oxygen atoms in total. The Bertz CT molecular complexity index is 340. The van der Waals surface area contributed by atoms with Crippen molar-refractivity contribution < 1.29 is 16.9 Å². The molecule has 0 heterocycles. The predicted molar refractivity (Wildman–Crippen MR) is 71.1 cm³/mol. The lowest BCUT2D eigenvalue weighted by molar-refractivity contribution is -0.960. The first-order valence-corrected chi connectivity index (χ1v) is 5.88. The first kappa shape index (κ1) is 16.2. The molecule has 1 atom stereocenters. The van der Waals surface area contributed by atoms with Crippen molar-refractivity contribution in [3.63, 3.8) is 0 Å². The van der Waals surface area contributed by atoms with Crippen LogP contribution in [0.1, 0.15) is 26.3 Å². The van der Waals surface area contributed by atoms with Gasteiger partial charge in [0.05, 0.1) is 19.1 Å². The third kappa shape index (κ3) is 4.18. The van der Waals surface area contributed by atoms with Gasteiger partial charge in [-0.15, -0.1) is 0 Å². The number of hydrogen-bond acceptors (Lipinski definition) is 0. The van der Waals surface area contributed by atoms with Crippen molar-refractivity contribution in [2.45, 2.75) is 32.9 Å². The zero-order valence-corrected chi connectivity index (χ0v) is 12.2. The number of benzene rings is 1. The van der Waals surface area contributed by atoms with Crippen LogP contribution in [0.25, 0.3) is 0 Å². The molecule has 1 aromatic carbocycles. The van der Waals surface area contributed by atoms with Crippen molar-refractivity contribution >= 4 is 0 Å². The lowest BCUT2D eigenvalue weighted by Crippen LogP contribution is -3.00. The molecule has 0 amide bonds. The second-order valence-electron chi connectivity index (χ2n) is 5.68. The van der Waals surface area contributed by atoms with E-state index in [0.717, 1.165) is 17.6 Å². The fourth-order valence-electron chi connectivity index (χ4n) is 1.85. The summed E-state index contributed by atoms with van der Waals surface area (Å²) in [5.41, 5.74) is 1.62. The van der Waals surface area contributed by atoms with Crippen molar-refractivity contribution in [2.75, 3.05) is 13.6 Å². The van der Waals surface area contributed by atoms with Crippen LogP contribution in [0.4, 0.5) is 0 Å². The summed E-state index contributed by atoms with van der Waals surface area (Å²) in [6.45, 7) is 12.8. The molecule has 0 radical (unpaired) electrons. The van der Waals surface area contributed by atoms with E-state index in [0.29, 0.717) is 0 Å². The van der Waals surface area contributed by atoms with Crippen molar-refractivity contribution in [3.8, 4) is 0 Å². The number of likely N-dealkylation sites (N-methyl/N-ethyl adjacent to an activating group) is 1. The molecule has 0 aliphatic carbocycles. The van der Waals surface area contributed by atoms with Gasteiger partial charge in [-0.25, -0.2) is 0 Å². The highest BCUT2D eigenvalue weighted by molar-refractivity contribution is 5.13. The topological polar surface area (TPSA) is 0 Å². The Morgan fingerprint density at radius 2 is 1.71 bits per heavy atom. The normalized spacial score (nSPS) is 14.6. The van der Waals surface area contributed by atoms with Crippen LogP contribution in [-0.2, 0) is 6.54 Å². The molecule has 0 saturated carbocycles. The Balaban J connectivity index is 0.00000256.